The van der Waals surface area contributed by atoms with Gasteiger partial charge in [0, 0.05) is 31.4 Å². The first-order valence-corrected chi connectivity index (χ1v) is 6.83. The minimum absolute atomic E-state index is 0.0572. The summed E-state index contributed by atoms with van der Waals surface area (Å²) in [7, 11) is 3.95. The molecule has 1 aromatic carbocycles. The maximum absolute atomic E-state index is 11.7. The van der Waals surface area contributed by atoms with Gasteiger partial charge in [-0.2, -0.15) is 0 Å². The van der Waals surface area contributed by atoms with E-state index in [4.69, 9.17) is 5.73 Å². The predicted octanol–water partition coefficient (Wildman–Crippen LogP) is 1.13. The van der Waals surface area contributed by atoms with E-state index in [1.165, 1.54) is 5.56 Å². The minimum Gasteiger partial charge on any atom is -0.324 e. The van der Waals surface area contributed by atoms with Crippen LogP contribution in [0.1, 0.15) is 24.0 Å². The molecule has 0 spiro atoms. The molecule has 1 heterocycles. The predicted molar refractivity (Wildman–Crippen MR) is 76.0 cm³/mol. The molecule has 1 saturated carbocycles. The Morgan fingerprint density at radius 1 is 1.42 bits per heavy atom. The largest absolute Gasteiger partial charge is 0.324 e. The molecule has 1 aromatic rings. The number of carbonyl (C=O) groups is 1. The van der Waals surface area contributed by atoms with E-state index in [1.54, 1.807) is 4.90 Å². The van der Waals surface area contributed by atoms with Crippen molar-refractivity contribution in [1.82, 2.24) is 4.90 Å². The van der Waals surface area contributed by atoms with Crippen LogP contribution in [-0.4, -0.2) is 37.0 Å². The number of amides is 1. The van der Waals surface area contributed by atoms with E-state index in [1.807, 2.05) is 7.05 Å². The molecule has 2 N–H and O–H groups in total. The molecule has 4 nitrogen and oxygen atoms in total. The third-order valence-corrected chi connectivity index (χ3v) is 4.15. The lowest BCUT2D eigenvalue weighted by Crippen LogP contribution is -2.36. The zero-order valence-electron chi connectivity index (χ0n) is 11.6. The molecule has 0 unspecified atom stereocenters. The Morgan fingerprint density at radius 2 is 2.16 bits per heavy atom. The Kier molecular flexibility index (Phi) is 2.87. The maximum Gasteiger partial charge on any atom is 0.231 e. The number of rotatable bonds is 4. The highest BCUT2D eigenvalue weighted by Crippen LogP contribution is 2.33. The lowest BCUT2D eigenvalue weighted by Gasteiger charge is -2.21. The van der Waals surface area contributed by atoms with Crippen LogP contribution in [0.5, 0.6) is 0 Å². The van der Waals surface area contributed by atoms with E-state index in [0.29, 0.717) is 6.42 Å². The van der Waals surface area contributed by atoms with Crippen molar-refractivity contribution in [2.45, 2.75) is 31.3 Å². The van der Waals surface area contributed by atoms with Crippen molar-refractivity contribution in [1.29, 1.82) is 0 Å². The molecule has 1 aliphatic carbocycles. The van der Waals surface area contributed by atoms with Crippen LogP contribution in [0.3, 0.4) is 0 Å². The van der Waals surface area contributed by atoms with Crippen molar-refractivity contribution in [3.8, 4) is 0 Å². The number of likely N-dealkylation sites (N-methyl/N-ethyl adjacent to an activating group) is 2. The number of nitrogens with two attached hydrogens (primary N) is 1. The molecular formula is C15H21N3O. The highest BCUT2D eigenvalue weighted by atomic mass is 16.2. The SMILES string of the molecule is CN(Cc1ccc2c(c1)CC(=O)N2C)CC1(N)CC1. The van der Waals surface area contributed by atoms with Crippen molar-refractivity contribution >= 4 is 11.6 Å². The summed E-state index contributed by atoms with van der Waals surface area (Å²) in [6, 6.07) is 6.32. The van der Waals surface area contributed by atoms with Crippen molar-refractivity contribution < 1.29 is 4.79 Å². The fraction of sp³-hybridized carbons (Fsp3) is 0.533. The first kappa shape index (κ1) is 12.6. The van der Waals surface area contributed by atoms with Crippen molar-refractivity contribution in [3.63, 3.8) is 0 Å². The molecule has 102 valence electrons. The second kappa shape index (κ2) is 4.32. The van der Waals surface area contributed by atoms with Crippen LogP contribution in [-0.2, 0) is 17.8 Å². The smallest absolute Gasteiger partial charge is 0.231 e. The molecular weight excluding hydrogens is 238 g/mol. The van der Waals surface area contributed by atoms with E-state index in [-0.39, 0.29) is 11.4 Å². The van der Waals surface area contributed by atoms with Crippen LogP contribution in [0.15, 0.2) is 18.2 Å². The summed E-state index contributed by atoms with van der Waals surface area (Å²) in [4.78, 5) is 15.7. The van der Waals surface area contributed by atoms with E-state index in [0.717, 1.165) is 37.2 Å². The number of anilines is 1. The van der Waals surface area contributed by atoms with E-state index < -0.39 is 0 Å². The van der Waals surface area contributed by atoms with Gasteiger partial charge in [0.25, 0.3) is 0 Å². The van der Waals surface area contributed by atoms with E-state index >= 15 is 0 Å². The number of nitrogens with zero attached hydrogens (tertiary/aromatic N) is 2. The summed E-state index contributed by atoms with van der Waals surface area (Å²) in [6.45, 7) is 1.84. The minimum atomic E-state index is 0.0572. The average molecular weight is 259 g/mol. The van der Waals surface area contributed by atoms with Gasteiger partial charge < -0.3 is 15.5 Å². The van der Waals surface area contributed by atoms with Gasteiger partial charge in [0.2, 0.25) is 5.91 Å². The quantitative estimate of drug-likeness (QED) is 0.882. The number of fused-ring (bicyclic) bond motifs is 1. The Bertz CT molecular complexity index is 522. The molecule has 0 saturated heterocycles. The number of hydrogen-bond donors (Lipinski definition) is 1. The van der Waals surface area contributed by atoms with Gasteiger partial charge in [-0.3, -0.25) is 4.79 Å². The van der Waals surface area contributed by atoms with Crippen molar-refractivity contribution in [2.75, 3.05) is 25.5 Å². The topological polar surface area (TPSA) is 49.6 Å². The summed E-state index contributed by atoms with van der Waals surface area (Å²) < 4.78 is 0. The van der Waals surface area contributed by atoms with Gasteiger partial charge in [0.1, 0.15) is 0 Å². The molecule has 1 aliphatic heterocycles. The van der Waals surface area contributed by atoms with E-state index in [9.17, 15) is 4.79 Å². The Hall–Kier alpha value is -1.39. The number of hydrogen-bond acceptors (Lipinski definition) is 3. The number of benzene rings is 1. The van der Waals surface area contributed by atoms with Gasteiger partial charge >= 0.3 is 0 Å². The van der Waals surface area contributed by atoms with Gasteiger partial charge in [-0.15, -0.1) is 0 Å². The molecule has 1 fully saturated rings. The molecule has 0 atom stereocenters. The van der Waals surface area contributed by atoms with E-state index in [2.05, 4.69) is 30.1 Å². The molecule has 3 rings (SSSR count). The third-order valence-electron chi connectivity index (χ3n) is 4.15. The summed E-state index contributed by atoms with van der Waals surface area (Å²) in [5.41, 5.74) is 9.65. The van der Waals surface area contributed by atoms with Crippen LogP contribution < -0.4 is 10.6 Å². The highest BCUT2D eigenvalue weighted by molar-refractivity contribution is 6.00. The highest BCUT2D eigenvalue weighted by Gasteiger charge is 2.38. The van der Waals surface area contributed by atoms with Gasteiger partial charge in [-0.25, -0.2) is 0 Å². The molecule has 4 heteroatoms. The standard InChI is InChI=1S/C15H21N3O/c1-17(10-15(16)5-6-15)9-11-3-4-13-12(7-11)8-14(19)18(13)2/h3-4,7H,5-6,8-10,16H2,1-2H3. The van der Waals surface area contributed by atoms with Gasteiger partial charge in [-0.05, 0) is 37.1 Å². The lowest BCUT2D eigenvalue weighted by atomic mass is 10.1. The van der Waals surface area contributed by atoms with Crippen molar-refractivity contribution in [3.05, 3.63) is 29.3 Å². The lowest BCUT2D eigenvalue weighted by molar-refractivity contribution is -0.117. The second-order valence-corrected chi connectivity index (χ2v) is 6.13. The Balaban J connectivity index is 1.69. The zero-order valence-corrected chi connectivity index (χ0v) is 11.6. The fourth-order valence-electron chi connectivity index (χ4n) is 2.85. The van der Waals surface area contributed by atoms with Gasteiger partial charge in [-0.1, -0.05) is 12.1 Å². The Labute approximate surface area is 114 Å². The number of carbonyl (C=O) groups excluding carboxylic acids is 1. The Morgan fingerprint density at radius 3 is 2.84 bits per heavy atom. The molecule has 0 aromatic heterocycles. The van der Waals surface area contributed by atoms with Crippen LogP contribution in [0.4, 0.5) is 5.69 Å². The van der Waals surface area contributed by atoms with Crippen LogP contribution >= 0.6 is 0 Å². The summed E-state index contributed by atoms with van der Waals surface area (Å²) in [5, 5.41) is 0. The second-order valence-electron chi connectivity index (χ2n) is 6.13. The fourth-order valence-corrected chi connectivity index (χ4v) is 2.85. The summed E-state index contributed by atoms with van der Waals surface area (Å²) >= 11 is 0. The van der Waals surface area contributed by atoms with Gasteiger partial charge in [0.05, 0.1) is 6.42 Å². The van der Waals surface area contributed by atoms with Gasteiger partial charge in [0.15, 0.2) is 0 Å². The third kappa shape index (κ3) is 2.51. The van der Waals surface area contributed by atoms with Crippen molar-refractivity contribution in [2.24, 2.45) is 5.73 Å². The first-order chi connectivity index (χ1) is 8.97. The average Bonchev–Trinajstić information content (AvgIpc) is 2.98. The first-order valence-electron chi connectivity index (χ1n) is 6.83. The zero-order chi connectivity index (χ0) is 13.6. The molecule has 19 heavy (non-hydrogen) atoms. The normalized spacial score (nSPS) is 20.0. The summed E-state index contributed by atoms with van der Waals surface area (Å²) in [6.07, 6.45) is 2.81. The maximum atomic E-state index is 11.7. The molecule has 0 bridgehead atoms. The summed E-state index contributed by atoms with van der Waals surface area (Å²) in [5.74, 6) is 0.180. The molecule has 2 aliphatic rings. The molecule has 1 amide bonds. The van der Waals surface area contributed by atoms with Crippen LogP contribution in [0.2, 0.25) is 0 Å². The van der Waals surface area contributed by atoms with Crippen LogP contribution in [0.25, 0.3) is 0 Å². The van der Waals surface area contributed by atoms with Crippen LogP contribution in [0, 0.1) is 0 Å². The monoisotopic (exact) mass is 259 g/mol. The molecule has 0 radical (unpaired) electrons.